The molecule has 4 N–H and O–H groups in total. The lowest BCUT2D eigenvalue weighted by Crippen LogP contribution is -2.34. The van der Waals surface area contributed by atoms with Crippen LogP contribution in [-0.4, -0.2) is 29.3 Å². The first-order valence-corrected chi connectivity index (χ1v) is 6.94. The number of carboxylic acid groups (broad SMARTS) is 1. The van der Waals surface area contributed by atoms with Crippen molar-refractivity contribution in [3.05, 3.63) is 35.9 Å². The molecule has 0 aromatic heterocycles. The van der Waals surface area contributed by atoms with E-state index in [0.717, 1.165) is 5.56 Å². The van der Waals surface area contributed by atoms with Crippen molar-refractivity contribution in [1.82, 2.24) is 5.32 Å². The SMILES string of the molecule is CC(CCC[C@H](N)C(=O)O)NC(=O)OCc1ccccc1. The van der Waals surface area contributed by atoms with Crippen LogP contribution in [0.2, 0.25) is 0 Å². The maximum absolute atomic E-state index is 11.6. The molecule has 1 unspecified atom stereocenters. The van der Waals surface area contributed by atoms with Gasteiger partial charge in [0.1, 0.15) is 12.6 Å². The van der Waals surface area contributed by atoms with Crippen molar-refractivity contribution >= 4 is 12.1 Å². The zero-order valence-electron chi connectivity index (χ0n) is 12.1. The summed E-state index contributed by atoms with van der Waals surface area (Å²) in [5, 5.41) is 11.4. The molecule has 1 rings (SSSR count). The number of nitrogens with two attached hydrogens (primary N) is 1. The molecule has 1 aromatic carbocycles. The molecule has 0 bridgehead atoms. The molecule has 0 spiro atoms. The van der Waals surface area contributed by atoms with Crippen molar-refractivity contribution < 1.29 is 19.4 Å². The van der Waals surface area contributed by atoms with Gasteiger partial charge in [-0.15, -0.1) is 0 Å². The second-order valence-electron chi connectivity index (χ2n) is 4.98. The minimum Gasteiger partial charge on any atom is -0.480 e. The Bertz CT molecular complexity index is 450. The van der Waals surface area contributed by atoms with E-state index in [0.29, 0.717) is 19.3 Å². The van der Waals surface area contributed by atoms with Crippen LogP contribution in [0.4, 0.5) is 4.79 Å². The number of carbonyl (C=O) groups excluding carboxylic acids is 1. The van der Waals surface area contributed by atoms with Gasteiger partial charge < -0.3 is 20.9 Å². The Kier molecular flexibility index (Phi) is 7.25. The average Bonchev–Trinajstić information content (AvgIpc) is 2.46. The highest BCUT2D eigenvalue weighted by Crippen LogP contribution is 2.04. The predicted molar refractivity (Wildman–Crippen MR) is 78.7 cm³/mol. The van der Waals surface area contributed by atoms with Crippen molar-refractivity contribution in [2.45, 2.75) is 44.9 Å². The average molecular weight is 294 g/mol. The van der Waals surface area contributed by atoms with Crippen LogP contribution in [0.1, 0.15) is 31.7 Å². The smallest absolute Gasteiger partial charge is 0.407 e. The highest BCUT2D eigenvalue weighted by molar-refractivity contribution is 5.72. The molecule has 0 radical (unpaired) electrons. The van der Waals surface area contributed by atoms with Gasteiger partial charge in [-0.05, 0) is 31.7 Å². The number of carbonyl (C=O) groups is 2. The van der Waals surface area contributed by atoms with Gasteiger partial charge in [0.25, 0.3) is 0 Å². The third-order valence-electron chi connectivity index (χ3n) is 3.05. The van der Waals surface area contributed by atoms with E-state index in [4.69, 9.17) is 15.6 Å². The zero-order chi connectivity index (χ0) is 15.7. The van der Waals surface area contributed by atoms with Crippen LogP contribution < -0.4 is 11.1 Å². The molecule has 0 aliphatic carbocycles. The van der Waals surface area contributed by atoms with Gasteiger partial charge in [-0.25, -0.2) is 4.79 Å². The summed E-state index contributed by atoms with van der Waals surface area (Å²) in [4.78, 5) is 22.1. The number of hydrogen-bond acceptors (Lipinski definition) is 4. The highest BCUT2D eigenvalue weighted by Gasteiger charge is 2.13. The monoisotopic (exact) mass is 294 g/mol. The molecular formula is C15H22N2O4. The largest absolute Gasteiger partial charge is 0.480 e. The predicted octanol–water partition coefficient (Wildman–Crippen LogP) is 1.88. The van der Waals surface area contributed by atoms with E-state index in [9.17, 15) is 9.59 Å². The number of benzene rings is 1. The van der Waals surface area contributed by atoms with Gasteiger partial charge in [0, 0.05) is 6.04 Å². The van der Waals surface area contributed by atoms with Gasteiger partial charge >= 0.3 is 12.1 Å². The van der Waals surface area contributed by atoms with Gasteiger partial charge in [0.15, 0.2) is 0 Å². The Morgan fingerprint density at radius 1 is 1.29 bits per heavy atom. The van der Waals surface area contributed by atoms with Gasteiger partial charge in [-0.2, -0.15) is 0 Å². The molecule has 0 fully saturated rings. The van der Waals surface area contributed by atoms with E-state index in [1.54, 1.807) is 0 Å². The fourth-order valence-corrected chi connectivity index (χ4v) is 1.81. The minimum atomic E-state index is -1.00. The van der Waals surface area contributed by atoms with Crippen molar-refractivity contribution in [3.63, 3.8) is 0 Å². The summed E-state index contributed by atoms with van der Waals surface area (Å²) >= 11 is 0. The molecule has 2 atom stereocenters. The summed E-state index contributed by atoms with van der Waals surface area (Å²) in [5.74, 6) is -1.00. The standard InChI is InChI=1S/C15H22N2O4/c1-11(6-5-9-13(16)14(18)19)17-15(20)21-10-12-7-3-2-4-8-12/h2-4,7-8,11,13H,5-6,9-10,16H2,1H3,(H,17,20)(H,18,19)/t11?,13-/m0/s1. The number of rotatable bonds is 8. The third kappa shape index (κ3) is 7.31. The number of carboxylic acids is 1. The summed E-state index contributed by atoms with van der Waals surface area (Å²) < 4.78 is 5.10. The number of nitrogens with one attached hydrogen (secondary N) is 1. The fraction of sp³-hybridized carbons (Fsp3) is 0.467. The van der Waals surface area contributed by atoms with Crippen LogP contribution in [0.25, 0.3) is 0 Å². The summed E-state index contributed by atoms with van der Waals surface area (Å²) in [6, 6.07) is 8.48. The molecule has 1 amide bonds. The van der Waals surface area contributed by atoms with Gasteiger partial charge in [0.2, 0.25) is 0 Å². The topological polar surface area (TPSA) is 102 Å². The van der Waals surface area contributed by atoms with Crippen LogP contribution >= 0.6 is 0 Å². The van der Waals surface area contributed by atoms with Crippen LogP contribution in [-0.2, 0) is 16.1 Å². The maximum atomic E-state index is 11.6. The Morgan fingerprint density at radius 3 is 2.57 bits per heavy atom. The molecule has 0 aliphatic rings. The Hall–Kier alpha value is -2.08. The normalized spacial score (nSPS) is 13.2. The maximum Gasteiger partial charge on any atom is 0.407 e. The Labute approximate surface area is 124 Å². The molecule has 21 heavy (non-hydrogen) atoms. The number of hydrogen-bond donors (Lipinski definition) is 3. The Balaban J connectivity index is 2.17. The quantitative estimate of drug-likeness (QED) is 0.679. The molecule has 0 aliphatic heterocycles. The van der Waals surface area contributed by atoms with Crippen molar-refractivity contribution in [3.8, 4) is 0 Å². The summed E-state index contributed by atoms with van der Waals surface area (Å²) in [5.41, 5.74) is 6.33. The lowest BCUT2D eigenvalue weighted by molar-refractivity contribution is -0.138. The van der Waals surface area contributed by atoms with Crippen LogP contribution in [0.5, 0.6) is 0 Å². The minimum absolute atomic E-state index is 0.0886. The molecule has 0 saturated heterocycles. The van der Waals surface area contributed by atoms with E-state index >= 15 is 0 Å². The first-order chi connectivity index (χ1) is 9.99. The number of amides is 1. The molecule has 6 nitrogen and oxygen atoms in total. The number of aliphatic carboxylic acids is 1. The van der Waals surface area contributed by atoms with E-state index in [2.05, 4.69) is 5.32 Å². The molecule has 116 valence electrons. The third-order valence-corrected chi connectivity index (χ3v) is 3.05. The van der Waals surface area contributed by atoms with E-state index < -0.39 is 18.1 Å². The second-order valence-corrected chi connectivity index (χ2v) is 4.98. The Morgan fingerprint density at radius 2 is 1.95 bits per heavy atom. The zero-order valence-corrected chi connectivity index (χ0v) is 12.1. The van der Waals surface area contributed by atoms with Crippen molar-refractivity contribution in [2.75, 3.05) is 0 Å². The number of alkyl carbamates (subject to hydrolysis) is 1. The van der Waals surface area contributed by atoms with E-state index in [1.165, 1.54) is 0 Å². The molecule has 0 saturated carbocycles. The second kappa shape index (κ2) is 8.97. The van der Waals surface area contributed by atoms with Gasteiger partial charge in [-0.1, -0.05) is 30.3 Å². The van der Waals surface area contributed by atoms with Gasteiger partial charge in [0.05, 0.1) is 0 Å². The molecular weight excluding hydrogens is 272 g/mol. The van der Waals surface area contributed by atoms with E-state index in [1.807, 2.05) is 37.3 Å². The first kappa shape index (κ1) is 17.0. The first-order valence-electron chi connectivity index (χ1n) is 6.94. The van der Waals surface area contributed by atoms with Crippen molar-refractivity contribution in [2.24, 2.45) is 5.73 Å². The summed E-state index contributed by atoms with van der Waals surface area (Å²) in [7, 11) is 0. The van der Waals surface area contributed by atoms with Crippen LogP contribution in [0.15, 0.2) is 30.3 Å². The van der Waals surface area contributed by atoms with Gasteiger partial charge in [-0.3, -0.25) is 4.79 Å². The van der Waals surface area contributed by atoms with Crippen LogP contribution in [0, 0.1) is 0 Å². The molecule has 0 heterocycles. The number of ether oxygens (including phenoxy) is 1. The lowest BCUT2D eigenvalue weighted by Gasteiger charge is -2.14. The van der Waals surface area contributed by atoms with E-state index in [-0.39, 0.29) is 12.6 Å². The lowest BCUT2D eigenvalue weighted by atomic mass is 10.1. The highest BCUT2D eigenvalue weighted by atomic mass is 16.5. The summed E-state index contributed by atoms with van der Waals surface area (Å²) in [6.07, 6.45) is 1.20. The molecule has 1 aromatic rings. The molecule has 6 heteroatoms. The summed E-state index contributed by atoms with van der Waals surface area (Å²) in [6.45, 7) is 2.07. The fourth-order valence-electron chi connectivity index (χ4n) is 1.81. The van der Waals surface area contributed by atoms with Crippen molar-refractivity contribution in [1.29, 1.82) is 0 Å². The van der Waals surface area contributed by atoms with Crippen LogP contribution in [0.3, 0.4) is 0 Å².